The third-order valence-corrected chi connectivity index (χ3v) is 1.36. The molecular formula is C6H7ClN2O2. The van der Waals surface area contributed by atoms with E-state index in [0.717, 1.165) is 0 Å². The molecule has 0 fully saturated rings. The quantitative estimate of drug-likeness (QED) is 0.687. The fourth-order valence-electron chi connectivity index (χ4n) is 0.624. The monoisotopic (exact) mass is 174 g/mol. The van der Waals surface area contributed by atoms with Crippen molar-refractivity contribution in [2.45, 2.75) is 6.92 Å². The molecule has 4 nitrogen and oxygen atoms in total. The van der Waals surface area contributed by atoms with Crippen molar-refractivity contribution in [2.24, 2.45) is 0 Å². The lowest BCUT2D eigenvalue weighted by Crippen LogP contribution is -2.05. The molecule has 0 amide bonds. The first-order valence-corrected chi connectivity index (χ1v) is 3.49. The molecule has 0 radical (unpaired) electrons. The summed E-state index contributed by atoms with van der Waals surface area (Å²) >= 11 is 5.53. The second-order valence-corrected chi connectivity index (χ2v) is 2.15. The molecule has 0 atom stereocenters. The van der Waals surface area contributed by atoms with E-state index in [1.54, 1.807) is 6.92 Å². The molecule has 0 unspecified atom stereocenters. The van der Waals surface area contributed by atoms with Crippen LogP contribution < -0.4 is 0 Å². The molecule has 0 saturated carbocycles. The zero-order valence-corrected chi connectivity index (χ0v) is 6.68. The van der Waals surface area contributed by atoms with Crippen LogP contribution in [0, 0.1) is 0 Å². The summed E-state index contributed by atoms with van der Waals surface area (Å²) in [6, 6.07) is 0. The molecule has 1 rings (SSSR count). The van der Waals surface area contributed by atoms with E-state index < -0.39 is 5.97 Å². The van der Waals surface area contributed by atoms with E-state index in [1.165, 1.54) is 6.33 Å². The van der Waals surface area contributed by atoms with E-state index in [4.69, 9.17) is 11.6 Å². The number of esters is 1. The molecule has 0 spiro atoms. The van der Waals surface area contributed by atoms with E-state index in [0.29, 0.717) is 6.61 Å². The number of nitrogens with zero attached hydrogens (tertiary/aromatic N) is 1. The first-order valence-electron chi connectivity index (χ1n) is 3.11. The Bertz CT molecular complexity index is 259. The summed E-state index contributed by atoms with van der Waals surface area (Å²) in [5.74, 6) is -0.477. The first-order chi connectivity index (χ1) is 5.25. The Labute approximate surface area is 68.5 Å². The zero-order chi connectivity index (χ0) is 8.27. The second kappa shape index (κ2) is 3.39. The van der Waals surface area contributed by atoms with Gasteiger partial charge < -0.3 is 9.72 Å². The predicted molar refractivity (Wildman–Crippen MR) is 39.6 cm³/mol. The fraction of sp³-hybridized carbons (Fsp3) is 0.333. The van der Waals surface area contributed by atoms with Gasteiger partial charge in [0.2, 0.25) is 0 Å². The van der Waals surface area contributed by atoms with Crippen LogP contribution in [0.3, 0.4) is 0 Å². The molecule has 0 saturated heterocycles. The van der Waals surface area contributed by atoms with Gasteiger partial charge in [0, 0.05) is 0 Å². The van der Waals surface area contributed by atoms with Crippen molar-refractivity contribution in [1.29, 1.82) is 0 Å². The van der Waals surface area contributed by atoms with Gasteiger partial charge in [0.25, 0.3) is 0 Å². The van der Waals surface area contributed by atoms with Crippen molar-refractivity contribution in [3.63, 3.8) is 0 Å². The highest BCUT2D eigenvalue weighted by Gasteiger charge is 2.12. The highest BCUT2D eigenvalue weighted by molar-refractivity contribution is 6.32. The van der Waals surface area contributed by atoms with Crippen molar-refractivity contribution in [2.75, 3.05) is 6.61 Å². The van der Waals surface area contributed by atoms with Crippen molar-refractivity contribution in [3.8, 4) is 0 Å². The van der Waals surface area contributed by atoms with Crippen LogP contribution in [0.5, 0.6) is 0 Å². The van der Waals surface area contributed by atoms with Crippen LogP contribution in [-0.4, -0.2) is 22.5 Å². The zero-order valence-electron chi connectivity index (χ0n) is 5.93. The van der Waals surface area contributed by atoms with Crippen LogP contribution >= 0.6 is 11.6 Å². The number of rotatable bonds is 2. The van der Waals surface area contributed by atoms with Gasteiger partial charge in [-0.2, -0.15) is 0 Å². The van der Waals surface area contributed by atoms with Gasteiger partial charge in [-0.25, -0.2) is 9.78 Å². The predicted octanol–water partition coefficient (Wildman–Crippen LogP) is 1.24. The van der Waals surface area contributed by atoms with Gasteiger partial charge in [0.05, 0.1) is 12.9 Å². The summed E-state index contributed by atoms with van der Waals surface area (Å²) in [6.07, 6.45) is 1.34. The molecule has 0 aliphatic carbocycles. The Morgan fingerprint density at radius 2 is 2.64 bits per heavy atom. The minimum Gasteiger partial charge on any atom is -0.461 e. The van der Waals surface area contributed by atoms with Gasteiger partial charge in [-0.3, -0.25) is 0 Å². The highest BCUT2D eigenvalue weighted by Crippen LogP contribution is 2.10. The van der Waals surface area contributed by atoms with Crippen LogP contribution in [-0.2, 0) is 4.74 Å². The van der Waals surface area contributed by atoms with E-state index in [2.05, 4.69) is 14.7 Å². The van der Waals surface area contributed by atoms with Crippen molar-refractivity contribution < 1.29 is 9.53 Å². The Morgan fingerprint density at radius 1 is 1.91 bits per heavy atom. The molecule has 0 aliphatic rings. The first kappa shape index (κ1) is 8.07. The number of H-pyrrole nitrogens is 1. The number of carbonyl (C=O) groups excluding carboxylic acids is 1. The Hall–Kier alpha value is -1.03. The third kappa shape index (κ3) is 1.71. The van der Waals surface area contributed by atoms with Gasteiger partial charge in [-0.05, 0) is 6.92 Å². The van der Waals surface area contributed by atoms with E-state index in [9.17, 15) is 4.79 Å². The lowest BCUT2D eigenvalue weighted by atomic mass is 10.5. The number of imidazole rings is 1. The number of nitrogens with one attached hydrogen (secondary N) is 1. The number of hydrogen-bond donors (Lipinski definition) is 1. The molecule has 1 aromatic rings. The summed E-state index contributed by atoms with van der Waals surface area (Å²) in [5.41, 5.74) is 0.202. The number of ether oxygens (including phenoxy) is 1. The maximum atomic E-state index is 10.9. The van der Waals surface area contributed by atoms with Gasteiger partial charge >= 0.3 is 5.97 Å². The lowest BCUT2D eigenvalue weighted by molar-refractivity contribution is 0.0520. The number of aromatic nitrogens is 2. The van der Waals surface area contributed by atoms with Crippen LogP contribution in [0.25, 0.3) is 0 Å². The second-order valence-electron chi connectivity index (χ2n) is 1.79. The maximum Gasteiger partial charge on any atom is 0.358 e. The normalized spacial score (nSPS) is 9.64. The standard InChI is InChI=1S/C6H7ClN2O2/c1-2-11-6(10)4-5(7)9-3-8-4/h3H,2H2,1H3,(H,8,9). The number of aromatic amines is 1. The largest absolute Gasteiger partial charge is 0.461 e. The van der Waals surface area contributed by atoms with Crippen LogP contribution in [0.1, 0.15) is 17.4 Å². The van der Waals surface area contributed by atoms with Crippen molar-refractivity contribution in [1.82, 2.24) is 9.97 Å². The Kier molecular flexibility index (Phi) is 2.48. The number of halogens is 1. The van der Waals surface area contributed by atoms with Gasteiger partial charge in [-0.15, -0.1) is 0 Å². The molecule has 1 N–H and O–H groups in total. The fourth-order valence-corrected chi connectivity index (χ4v) is 0.805. The molecular weight excluding hydrogens is 168 g/mol. The molecule has 60 valence electrons. The minimum atomic E-state index is -0.477. The number of carbonyl (C=O) groups is 1. The molecule has 1 heterocycles. The molecule has 0 bridgehead atoms. The van der Waals surface area contributed by atoms with Gasteiger partial charge in [-0.1, -0.05) is 11.6 Å². The molecule has 1 aromatic heterocycles. The SMILES string of the molecule is CCOC(=O)c1[nH]cnc1Cl. The van der Waals surface area contributed by atoms with Crippen LogP contribution in [0.4, 0.5) is 0 Å². The maximum absolute atomic E-state index is 10.9. The Morgan fingerprint density at radius 3 is 3.09 bits per heavy atom. The summed E-state index contributed by atoms with van der Waals surface area (Å²) in [4.78, 5) is 17.2. The summed E-state index contributed by atoms with van der Waals surface area (Å²) < 4.78 is 4.67. The average molecular weight is 175 g/mol. The topological polar surface area (TPSA) is 55.0 Å². The van der Waals surface area contributed by atoms with Gasteiger partial charge in [0.1, 0.15) is 0 Å². The van der Waals surface area contributed by atoms with Crippen molar-refractivity contribution in [3.05, 3.63) is 17.2 Å². The smallest absolute Gasteiger partial charge is 0.358 e. The lowest BCUT2D eigenvalue weighted by Gasteiger charge is -1.97. The van der Waals surface area contributed by atoms with Crippen LogP contribution in [0.15, 0.2) is 6.33 Å². The van der Waals surface area contributed by atoms with Crippen molar-refractivity contribution >= 4 is 17.6 Å². The summed E-state index contributed by atoms with van der Waals surface area (Å²) in [6.45, 7) is 2.05. The molecule has 0 aliphatic heterocycles. The molecule has 5 heteroatoms. The Balaban J connectivity index is 2.76. The third-order valence-electron chi connectivity index (χ3n) is 1.07. The van der Waals surface area contributed by atoms with Gasteiger partial charge in [0.15, 0.2) is 10.8 Å². The van der Waals surface area contributed by atoms with Crippen LogP contribution in [0.2, 0.25) is 5.15 Å². The average Bonchev–Trinajstić information content (AvgIpc) is 2.36. The van der Waals surface area contributed by atoms with E-state index >= 15 is 0 Å². The van der Waals surface area contributed by atoms with E-state index in [-0.39, 0.29) is 10.8 Å². The minimum absolute atomic E-state index is 0.142. The number of hydrogen-bond acceptors (Lipinski definition) is 3. The molecule has 11 heavy (non-hydrogen) atoms. The van der Waals surface area contributed by atoms with E-state index in [1.807, 2.05) is 0 Å². The summed E-state index contributed by atoms with van der Waals surface area (Å²) in [7, 11) is 0. The molecule has 0 aromatic carbocycles. The summed E-state index contributed by atoms with van der Waals surface area (Å²) in [5, 5.41) is 0.142. The highest BCUT2D eigenvalue weighted by atomic mass is 35.5.